The molecule has 3 N–H and O–H groups in total. The van der Waals surface area contributed by atoms with Crippen molar-refractivity contribution in [3.8, 4) is 17.1 Å². The van der Waals surface area contributed by atoms with E-state index in [1.54, 1.807) is 6.20 Å². The van der Waals surface area contributed by atoms with Gasteiger partial charge in [0, 0.05) is 31.5 Å². The van der Waals surface area contributed by atoms with E-state index in [0.29, 0.717) is 18.2 Å². The number of hydrogen-bond acceptors (Lipinski definition) is 6. The molecular weight excluding hydrogens is 414 g/mol. The molecule has 0 bridgehead atoms. The molecule has 0 radical (unpaired) electrons. The van der Waals surface area contributed by atoms with E-state index in [0.717, 1.165) is 60.6 Å². The summed E-state index contributed by atoms with van der Waals surface area (Å²) in [6.07, 6.45) is 4.22. The molecule has 0 fully saturated rings. The smallest absolute Gasteiger partial charge is 0.207 e. The molecule has 0 saturated heterocycles. The summed E-state index contributed by atoms with van der Waals surface area (Å²) in [6, 6.07) is 16.2. The normalized spacial score (nSPS) is 11.0. The van der Waals surface area contributed by atoms with E-state index in [1.165, 1.54) is 5.56 Å². The van der Waals surface area contributed by atoms with Crippen molar-refractivity contribution in [3.63, 3.8) is 0 Å². The highest BCUT2D eigenvalue weighted by atomic mass is 16.1. The van der Waals surface area contributed by atoms with E-state index in [1.807, 2.05) is 28.8 Å². The third-order valence-corrected chi connectivity index (χ3v) is 5.71. The number of aromatic nitrogens is 4. The van der Waals surface area contributed by atoms with E-state index in [-0.39, 0.29) is 0 Å². The van der Waals surface area contributed by atoms with E-state index >= 15 is 0 Å². The van der Waals surface area contributed by atoms with Crippen molar-refractivity contribution in [1.29, 1.82) is 0 Å². The van der Waals surface area contributed by atoms with Crippen LogP contribution < -0.4 is 16.0 Å². The van der Waals surface area contributed by atoms with Crippen LogP contribution in [0.5, 0.6) is 0 Å². The van der Waals surface area contributed by atoms with Crippen molar-refractivity contribution in [2.45, 2.75) is 26.7 Å². The molecule has 0 saturated carbocycles. The lowest BCUT2D eigenvalue weighted by atomic mass is 10.1. The second kappa shape index (κ2) is 10.1. The summed E-state index contributed by atoms with van der Waals surface area (Å²) in [5.74, 6) is 2.01. The molecule has 3 aromatic heterocycles. The molecule has 0 aliphatic rings. The fraction of sp³-hybridized carbons (Fsp3) is 0.280. The summed E-state index contributed by atoms with van der Waals surface area (Å²) >= 11 is 0. The molecule has 170 valence electrons. The minimum absolute atomic E-state index is 0.428. The molecule has 4 aromatic rings. The molecule has 0 aliphatic carbocycles. The average molecular weight is 444 g/mol. The van der Waals surface area contributed by atoms with E-state index < -0.39 is 0 Å². The Morgan fingerprint density at radius 2 is 1.91 bits per heavy atom. The lowest BCUT2D eigenvalue weighted by Crippen LogP contribution is -2.27. The van der Waals surface area contributed by atoms with Gasteiger partial charge in [-0.15, -0.1) is 0 Å². The first-order valence-corrected chi connectivity index (χ1v) is 11.3. The van der Waals surface area contributed by atoms with Crippen LogP contribution in [-0.2, 0) is 11.2 Å². The average Bonchev–Trinajstić information content (AvgIpc) is 3.23. The number of carbonyl (C=O) groups is 1. The SMILES string of the molecule is CCc1ccc(-n2c(-c3cccnc3N)nc3ccc(N(CC)CCCNC=O)nc32)cc1. The number of imidazole rings is 1. The zero-order valence-electron chi connectivity index (χ0n) is 19.0. The maximum absolute atomic E-state index is 10.5. The van der Waals surface area contributed by atoms with Gasteiger partial charge < -0.3 is 16.0 Å². The summed E-state index contributed by atoms with van der Waals surface area (Å²) in [7, 11) is 0. The molecule has 1 amide bonds. The first-order chi connectivity index (χ1) is 16.2. The summed E-state index contributed by atoms with van der Waals surface area (Å²) in [4.78, 5) is 26.9. The van der Waals surface area contributed by atoms with Crippen LogP contribution >= 0.6 is 0 Å². The van der Waals surface area contributed by atoms with Gasteiger partial charge in [-0.05, 0) is 61.7 Å². The number of anilines is 2. The van der Waals surface area contributed by atoms with Crippen LogP contribution in [0.2, 0.25) is 0 Å². The second-order valence-corrected chi connectivity index (χ2v) is 7.74. The van der Waals surface area contributed by atoms with E-state index in [9.17, 15) is 4.79 Å². The number of amides is 1. The van der Waals surface area contributed by atoms with Gasteiger partial charge in [-0.2, -0.15) is 0 Å². The summed E-state index contributed by atoms with van der Waals surface area (Å²) in [6.45, 7) is 6.47. The highest BCUT2D eigenvalue weighted by Crippen LogP contribution is 2.31. The third-order valence-electron chi connectivity index (χ3n) is 5.71. The van der Waals surface area contributed by atoms with Crippen LogP contribution in [0, 0.1) is 0 Å². The topological polar surface area (TPSA) is 102 Å². The first kappa shape index (κ1) is 22.3. The van der Waals surface area contributed by atoms with Gasteiger partial charge >= 0.3 is 0 Å². The Morgan fingerprint density at radius 1 is 1.09 bits per heavy atom. The first-order valence-electron chi connectivity index (χ1n) is 11.3. The largest absolute Gasteiger partial charge is 0.383 e. The Kier molecular flexibility index (Phi) is 6.83. The zero-order chi connectivity index (χ0) is 23.2. The number of hydrogen-bond donors (Lipinski definition) is 2. The Balaban J connectivity index is 1.84. The van der Waals surface area contributed by atoms with Gasteiger partial charge in [0.2, 0.25) is 6.41 Å². The second-order valence-electron chi connectivity index (χ2n) is 7.74. The molecule has 1 aromatic carbocycles. The highest BCUT2D eigenvalue weighted by molar-refractivity contribution is 5.83. The van der Waals surface area contributed by atoms with Gasteiger partial charge in [0.25, 0.3) is 0 Å². The van der Waals surface area contributed by atoms with Gasteiger partial charge in [-0.25, -0.2) is 15.0 Å². The molecule has 3 heterocycles. The molecule has 0 unspecified atom stereocenters. The number of nitrogens with zero attached hydrogens (tertiary/aromatic N) is 5. The molecule has 8 heteroatoms. The Morgan fingerprint density at radius 3 is 2.61 bits per heavy atom. The molecule has 33 heavy (non-hydrogen) atoms. The van der Waals surface area contributed by atoms with Crippen molar-refractivity contribution in [1.82, 2.24) is 24.8 Å². The van der Waals surface area contributed by atoms with Crippen LogP contribution in [0.3, 0.4) is 0 Å². The van der Waals surface area contributed by atoms with Gasteiger partial charge in [0.15, 0.2) is 11.5 Å². The number of pyridine rings is 2. The van der Waals surface area contributed by atoms with Gasteiger partial charge in [0.1, 0.15) is 17.2 Å². The number of nitrogen functional groups attached to an aromatic ring is 1. The molecule has 0 spiro atoms. The van der Waals surface area contributed by atoms with E-state index in [4.69, 9.17) is 15.7 Å². The van der Waals surface area contributed by atoms with Crippen molar-refractivity contribution in [2.75, 3.05) is 30.3 Å². The lowest BCUT2D eigenvalue weighted by Gasteiger charge is -2.22. The summed E-state index contributed by atoms with van der Waals surface area (Å²) in [5.41, 5.74) is 10.8. The molecule has 4 rings (SSSR count). The minimum Gasteiger partial charge on any atom is -0.383 e. The van der Waals surface area contributed by atoms with Crippen LogP contribution in [-0.4, -0.2) is 45.6 Å². The monoisotopic (exact) mass is 443 g/mol. The van der Waals surface area contributed by atoms with Crippen molar-refractivity contribution in [2.24, 2.45) is 0 Å². The van der Waals surface area contributed by atoms with Crippen LogP contribution in [0.15, 0.2) is 54.7 Å². The number of fused-ring (bicyclic) bond motifs is 1. The zero-order valence-corrected chi connectivity index (χ0v) is 19.0. The standard InChI is InChI=1S/C25H29N7O/c1-3-18-8-10-19(11-9-18)32-24(20-7-5-15-28-23(20)26)29-21-12-13-22(30-25(21)32)31(4-2)16-6-14-27-17-33/h5,7-13,15,17H,3-4,6,14,16H2,1-2H3,(H2,26,28)(H,27,33). The quantitative estimate of drug-likeness (QED) is 0.287. The molecular formula is C25H29N7O. The Bertz CT molecular complexity index is 1230. The number of aryl methyl sites for hydroxylation is 1. The number of nitrogens with one attached hydrogen (secondary N) is 1. The van der Waals surface area contributed by atoms with Crippen LogP contribution in [0.4, 0.5) is 11.6 Å². The summed E-state index contributed by atoms with van der Waals surface area (Å²) in [5, 5.41) is 2.72. The lowest BCUT2D eigenvalue weighted by molar-refractivity contribution is -0.109. The number of benzene rings is 1. The fourth-order valence-electron chi connectivity index (χ4n) is 3.90. The van der Waals surface area contributed by atoms with Crippen molar-refractivity contribution >= 4 is 29.2 Å². The summed E-state index contributed by atoms with van der Waals surface area (Å²) < 4.78 is 2.05. The minimum atomic E-state index is 0.428. The Labute approximate surface area is 193 Å². The van der Waals surface area contributed by atoms with Crippen molar-refractivity contribution < 1.29 is 4.79 Å². The number of carbonyl (C=O) groups excluding carboxylic acids is 1. The van der Waals surface area contributed by atoms with E-state index in [2.05, 4.69) is 53.3 Å². The third kappa shape index (κ3) is 4.64. The number of rotatable bonds is 10. The maximum atomic E-state index is 10.5. The van der Waals surface area contributed by atoms with Gasteiger partial charge in [-0.3, -0.25) is 9.36 Å². The van der Waals surface area contributed by atoms with Crippen LogP contribution in [0.25, 0.3) is 28.2 Å². The Hall–Kier alpha value is -3.94. The van der Waals surface area contributed by atoms with Gasteiger partial charge in [-0.1, -0.05) is 19.1 Å². The molecule has 0 atom stereocenters. The molecule has 0 aliphatic heterocycles. The maximum Gasteiger partial charge on any atom is 0.207 e. The fourth-order valence-corrected chi connectivity index (χ4v) is 3.90. The predicted octanol–water partition coefficient (Wildman–Crippen LogP) is 3.59. The predicted molar refractivity (Wildman–Crippen MR) is 132 cm³/mol. The highest BCUT2D eigenvalue weighted by Gasteiger charge is 2.19. The van der Waals surface area contributed by atoms with Crippen LogP contribution in [0.1, 0.15) is 25.8 Å². The van der Waals surface area contributed by atoms with Crippen molar-refractivity contribution in [3.05, 3.63) is 60.3 Å². The number of nitrogens with two attached hydrogens (primary N) is 1. The van der Waals surface area contributed by atoms with Gasteiger partial charge in [0.05, 0.1) is 5.56 Å². The molecule has 8 nitrogen and oxygen atoms in total.